The minimum Gasteiger partial charge on any atom is -0.444 e. The molecule has 250 valence electrons. The lowest BCUT2D eigenvalue weighted by molar-refractivity contribution is -0.141. The number of alkyl carbamates (subject to hydrolysis) is 1. The summed E-state index contributed by atoms with van der Waals surface area (Å²) in [5, 5.41) is 17.9. The van der Waals surface area contributed by atoms with Crippen molar-refractivity contribution in [2.24, 2.45) is 5.92 Å². The molecule has 2 N–H and O–H groups in total. The number of hydrogen-bond acceptors (Lipinski definition) is 6. The molecule has 13 heteroatoms. The molecule has 9 nitrogen and oxygen atoms in total. The first-order chi connectivity index (χ1) is 22.7. The van der Waals surface area contributed by atoms with Crippen LogP contribution >= 0.6 is 0 Å². The largest absolute Gasteiger partial charge is 0.444 e. The quantitative estimate of drug-likeness (QED) is 0.167. The Hall–Kier alpha value is -5.22. The maximum Gasteiger partial charge on any atom is 0.435 e. The van der Waals surface area contributed by atoms with E-state index in [2.05, 4.69) is 21.8 Å². The van der Waals surface area contributed by atoms with Crippen molar-refractivity contribution < 1.29 is 36.6 Å². The number of carbonyl (C=O) groups excluding carboxylic acids is 2. The monoisotopic (exact) mass is 663 g/mol. The molecule has 5 rings (SSSR count). The van der Waals surface area contributed by atoms with E-state index in [1.807, 2.05) is 6.07 Å². The number of halogens is 4. The van der Waals surface area contributed by atoms with Gasteiger partial charge in [-0.2, -0.15) is 23.5 Å². The van der Waals surface area contributed by atoms with Crippen molar-refractivity contribution in [2.75, 3.05) is 5.32 Å². The van der Waals surface area contributed by atoms with Crippen LogP contribution in [-0.4, -0.2) is 27.4 Å². The number of nitrogens with zero attached hydrogens (tertiary/aromatic N) is 3. The molecule has 1 aromatic heterocycles. The fraction of sp³-hybridized carbons (Fsp3) is 0.314. The number of anilines is 1. The van der Waals surface area contributed by atoms with Crippen LogP contribution in [0.4, 0.5) is 28.0 Å². The molecule has 0 aliphatic heterocycles. The number of hydrogen-bond donors (Lipinski definition) is 2. The van der Waals surface area contributed by atoms with E-state index in [4.69, 9.17) is 9.47 Å². The van der Waals surface area contributed by atoms with Crippen molar-refractivity contribution in [3.63, 3.8) is 0 Å². The fourth-order valence-electron chi connectivity index (χ4n) is 5.03. The number of ether oxygens (including phenoxy) is 2. The molecule has 4 aromatic rings. The smallest absolute Gasteiger partial charge is 0.435 e. The lowest BCUT2D eigenvalue weighted by Crippen LogP contribution is -2.32. The van der Waals surface area contributed by atoms with Crippen molar-refractivity contribution in [3.8, 4) is 11.8 Å². The molecular formula is C35H33F4N5O4. The Morgan fingerprint density at radius 2 is 1.79 bits per heavy atom. The molecule has 48 heavy (non-hydrogen) atoms. The molecule has 0 bridgehead atoms. The minimum absolute atomic E-state index is 0.0509. The van der Waals surface area contributed by atoms with Gasteiger partial charge in [0, 0.05) is 12.6 Å². The molecule has 1 aliphatic rings. The number of nitriles is 1. The second-order valence-corrected chi connectivity index (χ2v) is 12.4. The maximum absolute atomic E-state index is 15.0. The first kappa shape index (κ1) is 34.1. The number of alkyl halides is 3. The van der Waals surface area contributed by atoms with E-state index in [1.54, 1.807) is 51.1 Å². The highest BCUT2D eigenvalue weighted by Gasteiger charge is 2.37. The summed E-state index contributed by atoms with van der Waals surface area (Å²) in [5.74, 6) is -1.59. The van der Waals surface area contributed by atoms with Gasteiger partial charge in [-0.25, -0.2) is 13.9 Å². The third-order valence-electron chi connectivity index (χ3n) is 7.38. The molecule has 1 unspecified atom stereocenters. The van der Waals surface area contributed by atoms with Gasteiger partial charge in [0.05, 0.1) is 35.7 Å². The number of para-hydroxylation sites is 1. The van der Waals surface area contributed by atoms with Crippen molar-refractivity contribution in [3.05, 3.63) is 112 Å². The van der Waals surface area contributed by atoms with Gasteiger partial charge in [0.15, 0.2) is 5.69 Å². The second kappa shape index (κ2) is 13.9. The minimum atomic E-state index is -4.89. The van der Waals surface area contributed by atoms with E-state index in [0.717, 1.165) is 29.2 Å². The highest BCUT2D eigenvalue weighted by molar-refractivity contribution is 6.03. The van der Waals surface area contributed by atoms with Crippen LogP contribution in [0.15, 0.2) is 72.8 Å². The average Bonchev–Trinajstić information content (AvgIpc) is 3.76. The van der Waals surface area contributed by atoms with E-state index >= 15 is 0 Å². The summed E-state index contributed by atoms with van der Waals surface area (Å²) in [4.78, 5) is 25.7. The van der Waals surface area contributed by atoms with Gasteiger partial charge in [-0.1, -0.05) is 36.4 Å². The summed E-state index contributed by atoms with van der Waals surface area (Å²) in [5.41, 5.74) is -0.607. The Morgan fingerprint density at radius 3 is 2.48 bits per heavy atom. The highest BCUT2D eigenvalue weighted by atomic mass is 19.4. The molecule has 0 saturated heterocycles. The number of carbonyl (C=O) groups is 2. The molecule has 1 fully saturated rings. The molecule has 1 aliphatic carbocycles. The molecular weight excluding hydrogens is 630 g/mol. The Bertz CT molecular complexity index is 1850. The van der Waals surface area contributed by atoms with Crippen molar-refractivity contribution >= 4 is 17.7 Å². The van der Waals surface area contributed by atoms with Crippen molar-refractivity contribution in [2.45, 2.75) is 64.6 Å². The molecule has 0 spiro atoms. The summed E-state index contributed by atoms with van der Waals surface area (Å²) in [6, 6.07) is 19.9. The number of aromatic nitrogens is 2. The first-order valence-corrected chi connectivity index (χ1v) is 15.2. The summed E-state index contributed by atoms with van der Waals surface area (Å²) in [6.45, 7) is 4.95. The van der Waals surface area contributed by atoms with Gasteiger partial charge < -0.3 is 20.1 Å². The van der Waals surface area contributed by atoms with Crippen molar-refractivity contribution in [1.82, 2.24) is 15.1 Å². The molecule has 2 amide bonds. The SMILES string of the molecule is CC(C)(C)OC(=O)NCc1ccccc1-n1nc(C(F)(F)F)cc1C(=O)Nc1cc(COC(c2cccc(C#N)c2)C2CC2)ccc1F. The zero-order chi connectivity index (χ0) is 34.6. The van der Waals surface area contributed by atoms with Crippen LogP contribution in [-0.2, 0) is 28.8 Å². The van der Waals surface area contributed by atoms with Crippen LogP contribution < -0.4 is 10.6 Å². The Morgan fingerprint density at radius 1 is 1.04 bits per heavy atom. The molecule has 1 heterocycles. The summed E-state index contributed by atoms with van der Waals surface area (Å²) >= 11 is 0. The van der Waals surface area contributed by atoms with Gasteiger partial charge in [-0.05, 0) is 86.6 Å². The van der Waals surface area contributed by atoms with Gasteiger partial charge in [0.1, 0.15) is 17.1 Å². The van der Waals surface area contributed by atoms with Crippen LogP contribution in [0.1, 0.15) is 78.2 Å². The van der Waals surface area contributed by atoms with E-state index in [0.29, 0.717) is 22.8 Å². The summed E-state index contributed by atoms with van der Waals surface area (Å²) < 4.78 is 68.7. The van der Waals surface area contributed by atoms with E-state index in [9.17, 15) is 32.4 Å². The lowest BCUT2D eigenvalue weighted by atomic mass is 10.0. The number of rotatable bonds is 10. The van der Waals surface area contributed by atoms with E-state index in [-0.39, 0.29) is 36.5 Å². The van der Waals surface area contributed by atoms with Crippen LogP contribution in [0.3, 0.4) is 0 Å². The van der Waals surface area contributed by atoms with Crippen LogP contribution in [0, 0.1) is 23.1 Å². The number of nitrogens with one attached hydrogen (secondary N) is 2. The second-order valence-electron chi connectivity index (χ2n) is 12.4. The lowest BCUT2D eigenvalue weighted by Gasteiger charge is -2.20. The van der Waals surface area contributed by atoms with Crippen LogP contribution in [0.5, 0.6) is 0 Å². The Kier molecular flexibility index (Phi) is 9.86. The number of amides is 2. The Balaban J connectivity index is 1.38. The fourth-order valence-corrected chi connectivity index (χ4v) is 5.03. The molecule has 3 aromatic carbocycles. The van der Waals surface area contributed by atoms with Crippen molar-refractivity contribution in [1.29, 1.82) is 5.26 Å². The van der Waals surface area contributed by atoms with Crippen LogP contribution in [0.25, 0.3) is 5.69 Å². The zero-order valence-corrected chi connectivity index (χ0v) is 26.4. The highest BCUT2D eigenvalue weighted by Crippen LogP contribution is 2.44. The van der Waals surface area contributed by atoms with Gasteiger partial charge in [0.2, 0.25) is 0 Å². The molecule has 1 saturated carbocycles. The maximum atomic E-state index is 15.0. The molecule has 0 radical (unpaired) electrons. The normalized spacial score (nSPS) is 13.8. The van der Waals surface area contributed by atoms with Gasteiger partial charge in [-0.15, -0.1) is 0 Å². The van der Waals surface area contributed by atoms with Crippen LogP contribution in [0.2, 0.25) is 0 Å². The van der Waals surface area contributed by atoms with Gasteiger partial charge in [0.25, 0.3) is 5.91 Å². The third kappa shape index (κ3) is 8.57. The Labute approximate surface area is 274 Å². The third-order valence-corrected chi connectivity index (χ3v) is 7.38. The summed E-state index contributed by atoms with van der Waals surface area (Å²) in [7, 11) is 0. The zero-order valence-electron chi connectivity index (χ0n) is 26.4. The topological polar surface area (TPSA) is 118 Å². The van der Waals surface area contributed by atoms with E-state index < -0.39 is 41.0 Å². The summed E-state index contributed by atoms with van der Waals surface area (Å²) in [6.07, 6.45) is -4.01. The number of benzene rings is 3. The predicted octanol–water partition coefficient (Wildman–Crippen LogP) is 7.85. The standard InChI is InChI=1S/C35H33F4N5O4/c1-34(2,3)48-33(46)41-19-25-8-4-5-10-28(25)44-29(17-30(43-44)35(37,38)39)32(45)42-27-16-22(11-14-26(27)36)20-47-31(23-12-13-23)24-9-6-7-21(15-24)18-40/h4-11,14-17,23,31H,12-13,19-20H2,1-3H3,(H,41,46)(H,42,45). The first-order valence-electron chi connectivity index (χ1n) is 15.2. The van der Waals surface area contributed by atoms with Gasteiger partial charge in [-0.3, -0.25) is 4.79 Å². The van der Waals surface area contributed by atoms with E-state index in [1.165, 1.54) is 24.3 Å². The molecule has 1 atom stereocenters. The predicted molar refractivity (Wildman–Crippen MR) is 167 cm³/mol. The van der Waals surface area contributed by atoms with Gasteiger partial charge >= 0.3 is 12.3 Å². The average molecular weight is 664 g/mol.